The third-order valence-corrected chi connectivity index (χ3v) is 7.18. The van der Waals surface area contributed by atoms with Crippen molar-refractivity contribution in [2.45, 2.75) is 13.8 Å². The molecule has 2 heterocycles. The molecule has 41 heavy (non-hydrogen) atoms. The average Bonchev–Trinajstić information content (AvgIpc) is 2.91. The van der Waals surface area contributed by atoms with Crippen LogP contribution in [0.25, 0.3) is 54.6 Å². The van der Waals surface area contributed by atoms with Crippen LogP contribution in [0.1, 0.15) is 11.5 Å². The fourth-order valence-corrected chi connectivity index (χ4v) is 5.52. The molecular weight excluding hydrogens is 532 g/mol. The van der Waals surface area contributed by atoms with E-state index in [2.05, 4.69) is 0 Å². The fraction of sp³-hybridized carbons (Fsp3) is 0.161. The van der Waals surface area contributed by atoms with Gasteiger partial charge in [-0.25, -0.2) is 0 Å². The summed E-state index contributed by atoms with van der Waals surface area (Å²) in [6.45, 7) is 3.22. The van der Waals surface area contributed by atoms with Crippen molar-refractivity contribution < 1.29 is 38.4 Å². The van der Waals surface area contributed by atoms with E-state index in [0.29, 0.717) is 11.1 Å². The summed E-state index contributed by atoms with van der Waals surface area (Å²) in [4.78, 5) is 26.1. The number of aryl methyl sites for hydroxylation is 2. The second-order valence-corrected chi connectivity index (χ2v) is 9.62. The lowest BCUT2D eigenvalue weighted by molar-refractivity contribution is 0.399. The number of rotatable bonds is 4. The van der Waals surface area contributed by atoms with Crippen LogP contribution in [0.2, 0.25) is 0 Å². The van der Waals surface area contributed by atoms with Gasteiger partial charge in [0.2, 0.25) is 0 Å². The smallest absolute Gasteiger partial charge is 0.196 e. The Balaban J connectivity index is 1.94. The molecule has 208 valence electrons. The highest BCUT2D eigenvalue weighted by Gasteiger charge is 2.29. The molecule has 0 aliphatic rings. The molecule has 0 fully saturated rings. The second-order valence-electron chi connectivity index (χ2n) is 9.62. The molecule has 4 aromatic carbocycles. The topological polar surface area (TPSA) is 149 Å². The maximum absolute atomic E-state index is 13.2. The number of hydrogen-bond acceptors (Lipinski definition) is 10. The Hall–Kier alpha value is -5.38. The van der Waals surface area contributed by atoms with E-state index in [0.717, 1.165) is 0 Å². The summed E-state index contributed by atoms with van der Waals surface area (Å²) in [7, 11) is 4.22. The number of aromatic hydroxyl groups is 3. The van der Waals surface area contributed by atoms with Gasteiger partial charge < -0.3 is 38.4 Å². The zero-order valence-corrected chi connectivity index (χ0v) is 22.7. The maximum Gasteiger partial charge on any atom is 0.196 e. The van der Waals surface area contributed by atoms with Gasteiger partial charge in [-0.1, -0.05) is 0 Å². The first-order valence-corrected chi connectivity index (χ1v) is 12.4. The third-order valence-electron chi connectivity index (χ3n) is 7.18. The van der Waals surface area contributed by atoms with Crippen molar-refractivity contribution in [3.8, 4) is 45.6 Å². The lowest BCUT2D eigenvalue weighted by Crippen LogP contribution is -2.04. The minimum Gasteiger partial charge on any atom is -0.507 e. The lowest BCUT2D eigenvalue weighted by atomic mass is 9.90. The highest BCUT2D eigenvalue weighted by atomic mass is 16.5. The van der Waals surface area contributed by atoms with Gasteiger partial charge in [0, 0.05) is 29.1 Å². The number of phenols is 3. The number of phenolic OH excluding ortho intramolecular Hbond substituents is 3. The van der Waals surface area contributed by atoms with Crippen LogP contribution in [-0.2, 0) is 0 Å². The molecule has 0 saturated carbocycles. The minimum absolute atomic E-state index is 0.0148. The van der Waals surface area contributed by atoms with Crippen LogP contribution in [-0.4, -0.2) is 36.6 Å². The van der Waals surface area contributed by atoms with E-state index < -0.39 is 16.6 Å². The molecule has 0 spiro atoms. The van der Waals surface area contributed by atoms with Crippen molar-refractivity contribution in [3.05, 3.63) is 68.4 Å². The second kappa shape index (κ2) is 9.09. The summed E-state index contributed by atoms with van der Waals surface area (Å²) in [5.74, 6) is 0.00573. The Morgan fingerprint density at radius 3 is 1.98 bits per heavy atom. The monoisotopic (exact) mass is 556 g/mol. The molecule has 0 aliphatic carbocycles. The summed E-state index contributed by atoms with van der Waals surface area (Å²) < 4.78 is 28.8. The quantitative estimate of drug-likeness (QED) is 0.233. The molecule has 10 nitrogen and oxygen atoms in total. The van der Waals surface area contributed by atoms with Gasteiger partial charge in [-0.05, 0) is 37.4 Å². The predicted octanol–water partition coefficient (Wildman–Crippen LogP) is 5.63. The van der Waals surface area contributed by atoms with E-state index in [-0.39, 0.29) is 83.7 Å². The van der Waals surface area contributed by atoms with Gasteiger partial charge in [0.05, 0.1) is 37.7 Å². The van der Waals surface area contributed by atoms with Crippen LogP contribution < -0.4 is 25.1 Å². The molecule has 0 amide bonds. The largest absolute Gasteiger partial charge is 0.507 e. The molecule has 0 saturated heterocycles. The van der Waals surface area contributed by atoms with Crippen molar-refractivity contribution in [2.24, 2.45) is 0 Å². The van der Waals surface area contributed by atoms with Crippen LogP contribution >= 0.6 is 0 Å². The average molecular weight is 557 g/mol. The Bertz CT molecular complexity index is 2210. The minimum atomic E-state index is -0.542. The molecule has 10 heteroatoms. The van der Waals surface area contributed by atoms with E-state index in [4.69, 9.17) is 23.0 Å². The molecule has 3 N–H and O–H groups in total. The fourth-order valence-electron chi connectivity index (χ4n) is 5.52. The molecule has 0 aliphatic heterocycles. The number of methoxy groups -OCH3 is 3. The molecule has 0 radical (unpaired) electrons. The first-order chi connectivity index (χ1) is 19.6. The van der Waals surface area contributed by atoms with Crippen molar-refractivity contribution >= 4 is 43.5 Å². The number of hydrogen-bond donors (Lipinski definition) is 3. The highest BCUT2D eigenvalue weighted by molar-refractivity contribution is 6.20. The van der Waals surface area contributed by atoms with E-state index in [1.54, 1.807) is 32.0 Å². The Morgan fingerprint density at radius 1 is 0.659 bits per heavy atom. The SMILES string of the molecule is COc1cc(O)c2c(O)c3c(=O)cc(C)oc3c(-c3c(OC)cc4cc5oc(C)cc(=O)c5c(O)c4c3OC)c2c1. The molecule has 0 unspecified atom stereocenters. The van der Waals surface area contributed by atoms with Crippen molar-refractivity contribution in [2.75, 3.05) is 21.3 Å². The maximum atomic E-state index is 13.2. The third kappa shape index (κ3) is 3.64. The first kappa shape index (κ1) is 25.9. The van der Waals surface area contributed by atoms with Crippen LogP contribution in [0.4, 0.5) is 0 Å². The van der Waals surface area contributed by atoms with E-state index in [1.165, 1.54) is 39.5 Å². The first-order valence-electron chi connectivity index (χ1n) is 12.4. The van der Waals surface area contributed by atoms with E-state index >= 15 is 0 Å². The summed E-state index contributed by atoms with van der Waals surface area (Å²) >= 11 is 0. The van der Waals surface area contributed by atoms with Gasteiger partial charge in [0.15, 0.2) is 16.4 Å². The Morgan fingerprint density at radius 2 is 1.32 bits per heavy atom. The van der Waals surface area contributed by atoms with Crippen LogP contribution in [0.5, 0.6) is 34.5 Å². The predicted molar refractivity (Wildman–Crippen MR) is 153 cm³/mol. The van der Waals surface area contributed by atoms with Crippen LogP contribution in [0.3, 0.4) is 0 Å². The van der Waals surface area contributed by atoms with Gasteiger partial charge in [0.25, 0.3) is 0 Å². The summed E-state index contributed by atoms with van der Waals surface area (Å²) in [6.07, 6.45) is 0. The van der Waals surface area contributed by atoms with Crippen LogP contribution in [0.15, 0.2) is 54.8 Å². The van der Waals surface area contributed by atoms with Gasteiger partial charge in [-0.3, -0.25) is 9.59 Å². The molecule has 0 bridgehead atoms. The number of benzene rings is 4. The van der Waals surface area contributed by atoms with Gasteiger partial charge in [0.1, 0.15) is 62.4 Å². The zero-order valence-electron chi connectivity index (χ0n) is 22.7. The summed E-state index contributed by atoms with van der Waals surface area (Å²) in [5, 5.41) is 34.2. The van der Waals surface area contributed by atoms with Crippen molar-refractivity contribution in [1.82, 2.24) is 0 Å². The molecule has 0 atom stereocenters. The van der Waals surface area contributed by atoms with E-state index in [9.17, 15) is 24.9 Å². The van der Waals surface area contributed by atoms with Gasteiger partial charge >= 0.3 is 0 Å². The molecule has 6 aromatic rings. The standard InChI is InChI=1S/C31H24O10/c1-12-6-17(32)25-21(40-12)9-14-8-20(38-4)27(30(39-5)22(14)28(25)35)24-16-10-15(37-3)11-19(34)23(16)29(36)26-18(33)7-13(2)41-31(24)26/h6-11,34-36H,1-5H3. The molecular formula is C31H24O10. The van der Waals surface area contributed by atoms with Crippen molar-refractivity contribution in [1.29, 1.82) is 0 Å². The Labute approximate surface area is 231 Å². The zero-order chi connectivity index (χ0) is 29.3. The highest BCUT2D eigenvalue weighted by Crippen LogP contribution is 2.54. The molecule has 2 aromatic heterocycles. The number of fused-ring (bicyclic) bond motifs is 4. The summed E-state index contributed by atoms with van der Waals surface area (Å²) in [6, 6.07) is 8.59. The van der Waals surface area contributed by atoms with E-state index in [1.807, 2.05) is 0 Å². The number of ether oxygens (including phenoxy) is 3. The molecule has 6 rings (SSSR count). The summed E-state index contributed by atoms with van der Waals surface area (Å²) in [5.41, 5.74) is -0.383. The van der Waals surface area contributed by atoms with Crippen molar-refractivity contribution in [3.63, 3.8) is 0 Å². The Kier molecular flexibility index (Phi) is 5.74. The van der Waals surface area contributed by atoms with Gasteiger partial charge in [-0.2, -0.15) is 0 Å². The lowest BCUT2D eigenvalue weighted by Gasteiger charge is -2.21. The normalized spacial score (nSPS) is 11.5. The van der Waals surface area contributed by atoms with Gasteiger partial charge in [-0.15, -0.1) is 0 Å². The van der Waals surface area contributed by atoms with Crippen LogP contribution in [0, 0.1) is 13.8 Å².